The Morgan fingerprint density at radius 1 is 1.92 bits per heavy atom. The van der Waals surface area contributed by atoms with Crippen LogP contribution in [0.2, 0.25) is 0 Å². The summed E-state index contributed by atoms with van der Waals surface area (Å²) in [7, 11) is 1.33. The number of ether oxygens (including phenoxy) is 1. The molecule has 0 aliphatic carbocycles. The van der Waals surface area contributed by atoms with Crippen LogP contribution in [0.15, 0.2) is 18.0 Å². The molecule has 0 aromatic carbocycles. The quantitative estimate of drug-likeness (QED) is 0.588. The summed E-state index contributed by atoms with van der Waals surface area (Å²) in [6, 6.07) is 0. The molecule has 0 aliphatic rings. The minimum absolute atomic E-state index is 0.332. The van der Waals surface area contributed by atoms with Gasteiger partial charge in [0.1, 0.15) is 0 Å². The Hall–Kier alpha value is -1.36. The lowest BCUT2D eigenvalue weighted by atomic mass is 10.5. The molecule has 5 heteroatoms. The van der Waals surface area contributed by atoms with Crippen molar-refractivity contribution in [2.45, 2.75) is 0 Å². The van der Waals surface area contributed by atoms with E-state index in [-0.39, 0.29) is 0 Å². The molecular weight excluding hydrogens is 188 g/mol. The van der Waals surface area contributed by atoms with Gasteiger partial charge in [0, 0.05) is 11.9 Å². The highest BCUT2D eigenvalue weighted by atomic mass is 32.1. The molecule has 0 atom stereocenters. The summed E-state index contributed by atoms with van der Waals surface area (Å²) in [6.45, 7) is 4.19. The van der Waals surface area contributed by atoms with Gasteiger partial charge in [-0.25, -0.2) is 9.78 Å². The molecule has 1 aromatic heterocycles. The molecule has 70 valence electrons. The number of rotatable bonds is 4. The number of carbonyl (C=O) groups is 1. The van der Waals surface area contributed by atoms with Crippen LogP contribution in [0.5, 0.6) is 0 Å². The van der Waals surface area contributed by atoms with Crippen molar-refractivity contribution in [3.63, 3.8) is 0 Å². The second kappa shape index (κ2) is 4.61. The first-order chi connectivity index (χ1) is 6.27. The average molecular weight is 198 g/mol. The Balaban J connectivity index is 2.63. The van der Waals surface area contributed by atoms with Crippen molar-refractivity contribution in [2.75, 3.05) is 19.0 Å². The van der Waals surface area contributed by atoms with Crippen molar-refractivity contribution in [3.8, 4) is 0 Å². The van der Waals surface area contributed by atoms with Gasteiger partial charge in [0.25, 0.3) is 0 Å². The topological polar surface area (TPSA) is 51.2 Å². The van der Waals surface area contributed by atoms with Crippen LogP contribution in [-0.2, 0) is 4.74 Å². The first-order valence-corrected chi connectivity index (χ1v) is 4.54. The van der Waals surface area contributed by atoms with Gasteiger partial charge in [-0.3, -0.25) is 0 Å². The zero-order valence-corrected chi connectivity index (χ0v) is 8.06. The summed E-state index contributed by atoms with van der Waals surface area (Å²) in [5, 5.41) is 5.32. The number of carbonyl (C=O) groups excluding carboxylic acids is 1. The van der Waals surface area contributed by atoms with E-state index in [2.05, 4.69) is 21.6 Å². The fourth-order valence-corrected chi connectivity index (χ4v) is 1.40. The number of hydrogen-bond donors (Lipinski definition) is 1. The zero-order chi connectivity index (χ0) is 9.68. The minimum Gasteiger partial charge on any atom is -0.464 e. The number of thiazole rings is 1. The molecule has 1 aromatic rings. The lowest BCUT2D eigenvalue weighted by Gasteiger charge is -1.95. The molecule has 13 heavy (non-hydrogen) atoms. The van der Waals surface area contributed by atoms with Crippen LogP contribution >= 0.6 is 11.3 Å². The van der Waals surface area contributed by atoms with Crippen LogP contribution in [0.4, 0.5) is 5.13 Å². The van der Waals surface area contributed by atoms with Gasteiger partial charge in [0.05, 0.1) is 7.11 Å². The number of nitrogens with zero attached hydrogens (tertiary/aromatic N) is 1. The normalized spacial score (nSPS) is 9.31. The smallest absolute Gasteiger partial charge is 0.357 e. The largest absolute Gasteiger partial charge is 0.464 e. The fraction of sp³-hybridized carbons (Fsp3) is 0.250. The molecule has 0 bridgehead atoms. The molecule has 0 aliphatic heterocycles. The molecule has 0 saturated carbocycles. The number of aromatic nitrogens is 1. The summed E-state index contributed by atoms with van der Waals surface area (Å²) >= 11 is 1.36. The third kappa shape index (κ3) is 2.55. The Labute approximate surface area is 80.3 Å². The predicted octanol–water partition coefficient (Wildman–Crippen LogP) is 1.53. The third-order valence-corrected chi connectivity index (χ3v) is 2.10. The van der Waals surface area contributed by atoms with Crippen molar-refractivity contribution < 1.29 is 9.53 Å². The van der Waals surface area contributed by atoms with E-state index in [4.69, 9.17) is 0 Å². The monoisotopic (exact) mass is 198 g/mol. The minimum atomic E-state index is -0.414. The van der Waals surface area contributed by atoms with Gasteiger partial charge in [-0.15, -0.1) is 17.9 Å². The van der Waals surface area contributed by atoms with Gasteiger partial charge in [0.15, 0.2) is 10.8 Å². The Morgan fingerprint density at radius 2 is 2.69 bits per heavy atom. The highest BCUT2D eigenvalue weighted by Crippen LogP contribution is 2.15. The Morgan fingerprint density at radius 3 is 3.31 bits per heavy atom. The van der Waals surface area contributed by atoms with Crippen LogP contribution in [0.25, 0.3) is 0 Å². The molecule has 1 rings (SSSR count). The summed E-state index contributed by atoms with van der Waals surface area (Å²) in [4.78, 5) is 15.0. The summed E-state index contributed by atoms with van der Waals surface area (Å²) in [5.41, 5.74) is 0.332. The maximum absolute atomic E-state index is 11.0. The molecule has 0 radical (unpaired) electrons. The molecule has 1 heterocycles. The van der Waals surface area contributed by atoms with E-state index < -0.39 is 5.97 Å². The van der Waals surface area contributed by atoms with Gasteiger partial charge in [-0.05, 0) is 0 Å². The lowest BCUT2D eigenvalue weighted by molar-refractivity contribution is 0.0595. The van der Waals surface area contributed by atoms with E-state index in [1.807, 2.05) is 0 Å². The van der Waals surface area contributed by atoms with E-state index in [0.29, 0.717) is 17.4 Å². The molecule has 0 unspecified atom stereocenters. The van der Waals surface area contributed by atoms with Crippen LogP contribution in [0.3, 0.4) is 0 Å². The first kappa shape index (κ1) is 9.73. The van der Waals surface area contributed by atoms with Gasteiger partial charge in [-0.1, -0.05) is 6.08 Å². The highest BCUT2D eigenvalue weighted by molar-refractivity contribution is 7.13. The second-order valence-corrected chi connectivity index (χ2v) is 3.06. The maximum Gasteiger partial charge on any atom is 0.357 e. The molecule has 0 saturated heterocycles. The summed E-state index contributed by atoms with van der Waals surface area (Å²) < 4.78 is 4.51. The predicted molar refractivity (Wildman–Crippen MR) is 52.1 cm³/mol. The van der Waals surface area contributed by atoms with E-state index >= 15 is 0 Å². The van der Waals surface area contributed by atoms with Crippen molar-refractivity contribution in [1.82, 2.24) is 4.98 Å². The van der Waals surface area contributed by atoms with E-state index in [1.54, 1.807) is 11.5 Å². The molecule has 0 fully saturated rings. The third-order valence-electron chi connectivity index (χ3n) is 1.30. The first-order valence-electron chi connectivity index (χ1n) is 3.66. The van der Waals surface area contributed by atoms with Gasteiger partial charge < -0.3 is 10.1 Å². The molecule has 1 N–H and O–H groups in total. The van der Waals surface area contributed by atoms with Crippen LogP contribution < -0.4 is 5.32 Å². The number of hydrogen-bond acceptors (Lipinski definition) is 5. The van der Waals surface area contributed by atoms with E-state index in [0.717, 1.165) is 0 Å². The van der Waals surface area contributed by atoms with Gasteiger partial charge in [0.2, 0.25) is 0 Å². The van der Waals surface area contributed by atoms with Crippen molar-refractivity contribution in [2.24, 2.45) is 0 Å². The Kier molecular flexibility index (Phi) is 3.45. The van der Waals surface area contributed by atoms with Gasteiger partial charge >= 0.3 is 5.97 Å². The number of esters is 1. The van der Waals surface area contributed by atoms with Crippen LogP contribution in [-0.4, -0.2) is 24.6 Å². The standard InChI is InChI=1S/C8H10N2O2S/c1-3-4-9-8-10-6(5-13-8)7(11)12-2/h3,5H,1,4H2,2H3,(H,9,10). The number of anilines is 1. The molecule has 4 nitrogen and oxygen atoms in total. The van der Waals surface area contributed by atoms with Crippen molar-refractivity contribution >= 4 is 22.4 Å². The zero-order valence-electron chi connectivity index (χ0n) is 7.24. The molecule has 0 amide bonds. The Bertz CT molecular complexity index is 309. The molecule has 0 spiro atoms. The maximum atomic E-state index is 11.0. The lowest BCUT2D eigenvalue weighted by Crippen LogP contribution is -2.02. The summed E-state index contributed by atoms with van der Waals surface area (Å²) in [5.74, 6) is -0.414. The molecular formula is C8H10N2O2S. The second-order valence-electron chi connectivity index (χ2n) is 2.20. The van der Waals surface area contributed by atoms with Gasteiger partial charge in [-0.2, -0.15) is 0 Å². The van der Waals surface area contributed by atoms with Crippen LogP contribution in [0, 0.1) is 0 Å². The summed E-state index contributed by atoms with van der Waals surface area (Å²) in [6.07, 6.45) is 1.72. The van der Waals surface area contributed by atoms with Crippen molar-refractivity contribution in [3.05, 3.63) is 23.7 Å². The number of nitrogens with one attached hydrogen (secondary N) is 1. The van der Waals surface area contributed by atoms with E-state index in [1.165, 1.54) is 18.4 Å². The SMILES string of the molecule is C=CCNc1nc(C(=O)OC)cs1. The van der Waals surface area contributed by atoms with E-state index in [9.17, 15) is 4.79 Å². The van der Waals surface area contributed by atoms with Crippen LogP contribution in [0.1, 0.15) is 10.5 Å². The highest BCUT2D eigenvalue weighted by Gasteiger charge is 2.09. The van der Waals surface area contributed by atoms with Crippen molar-refractivity contribution in [1.29, 1.82) is 0 Å². The fourth-order valence-electron chi connectivity index (χ4n) is 0.713. The average Bonchev–Trinajstić information content (AvgIpc) is 2.62. The number of methoxy groups -OCH3 is 1.